The van der Waals surface area contributed by atoms with Crippen LogP contribution in [0.4, 0.5) is 19.0 Å². The van der Waals surface area contributed by atoms with Crippen molar-refractivity contribution in [1.29, 1.82) is 0 Å². The maximum absolute atomic E-state index is 14.1. The molecule has 276 valence electrons. The number of aliphatic imine (C=N–C) groups is 1. The Morgan fingerprint density at radius 1 is 1.08 bits per heavy atom. The van der Waals surface area contributed by atoms with Crippen molar-refractivity contribution in [3.05, 3.63) is 64.9 Å². The smallest absolute Gasteiger partial charge is 0.377 e. The fourth-order valence-corrected chi connectivity index (χ4v) is 7.69. The van der Waals surface area contributed by atoms with Gasteiger partial charge in [-0.2, -0.15) is 13.2 Å². The lowest BCUT2D eigenvalue weighted by Gasteiger charge is -2.36. The number of aromatic nitrogens is 1. The number of halogens is 3. The summed E-state index contributed by atoms with van der Waals surface area (Å²) >= 11 is 0. The zero-order chi connectivity index (χ0) is 37.0. The van der Waals surface area contributed by atoms with E-state index in [0.717, 1.165) is 24.0 Å². The average Bonchev–Trinajstić information content (AvgIpc) is 3.54. The standard InChI is InChI=1S/C36H44F3N5O6S/c1-5-7-12-31-40-35(17-19-43(20-18-35)32(45)15-16-36(37,38)39)34(46)44(31)22-26-13-14-28(27(21-26)23-49-6-2)29-10-8-9-11-30(29)51(47,48)42-33-24(3)25(4)50-41-33/h8-11,13-14,21H,5-7,12,15-20,22-23H2,1-4H3,(H,41,42). The number of nitrogens with zero attached hydrogens (tertiary/aromatic N) is 4. The van der Waals surface area contributed by atoms with Gasteiger partial charge >= 0.3 is 6.18 Å². The number of benzene rings is 2. The molecule has 0 atom stereocenters. The van der Waals surface area contributed by atoms with Gasteiger partial charge in [-0.1, -0.05) is 54.9 Å². The van der Waals surface area contributed by atoms with Crippen molar-refractivity contribution >= 4 is 33.5 Å². The van der Waals surface area contributed by atoms with Crippen molar-refractivity contribution in [2.45, 2.75) is 102 Å². The fourth-order valence-electron chi connectivity index (χ4n) is 6.41. The van der Waals surface area contributed by atoms with Crippen molar-refractivity contribution < 1.29 is 40.4 Å². The summed E-state index contributed by atoms with van der Waals surface area (Å²) in [5.74, 6) is 0.498. The zero-order valence-corrected chi connectivity index (χ0v) is 30.1. The van der Waals surface area contributed by atoms with E-state index in [1.807, 2.05) is 32.0 Å². The van der Waals surface area contributed by atoms with Gasteiger partial charge in [0.1, 0.15) is 17.1 Å². The molecule has 1 spiro atoms. The van der Waals surface area contributed by atoms with Gasteiger partial charge < -0.3 is 14.2 Å². The number of sulfonamides is 1. The molecule has 3 heterocycles. The van der Waals surface area contributed by atoms with Crippen molar-refractivity contribution in [1.82, 2.24) is 15.0 Å². The molecule has 0 unspecified atom stereocenters. The van der Waals surface area contributed by atoms with Crippen LogP contribution in [0.15, 0.2) is 56.9 Å². The number of ether oxygens (including phenoxy) is 1. The maximum atomic E-state index is 14.1. The second-order valence-electron chi connectivity index (χ2n) is 13.0. The third-order valence-corrected chi connectivity index (χ3v) is 10.8. The summed E-state index contributed by atoms with van der Waals surface area (Å²) in [6.45, 7) is 8.45. The molecule has 2 aliphatic heterocycles. The predicted molar refractivity (Wildman–Crippen MR) is 185 cm³/mol. The molecule has 51 heavy (non-hydrogen) atoms. The Morgan fingerprint density at radius 3 is 2.45 bits per heavy atom. The molecule has 0 bridgehead atoms. The first-order valence-corrected chi connectivity index (χ1v) is 18.7. The lowest BCUT2D eigenvalue weighted by molar-refractivity contribution is -0.150. The molecule has 1 saturated heterocycles. The van der Waals surface area contributed by atoms with Crippen molar-refractivity contribution in [3.63, 3.8) is 0 Å². The Bertz CT molecular complexity index is 1880. The molecule has 0 aliphatic carbocycles. The number of nitrogens with one attached hydrogen (secondary N) is 1. The minimum absolute atomic E-state index is 0.0458. The number of piperidine rings is 1. The van der Waals surface area contributed by atoms with E-state index in [1.165, 1.54) is 11.0 Å². The van der Waals surface area contributed by atoms with E-state index in [-0.39, 0.29) is 55.7 Å². The summed E-state index contributed by atoms with van der Waals surface area (Å²) < 4.78 is 79.0. The molecule has 0 radical (unpaired) electrons. The Kier molecular flexibility index (Phi) is 11.6. The molecule has 11 nitrogen and oxygen atoms in total. The van der Waals surface area contributed by atoms with Crippen LogP contribution in [-0.2, 0) is 37.5 Å². The van der Waals surface area contributed by atoms with E-state index in [9.17, 15) is 31.2 Å². The van der Waals surface area contributed by atoms with Crippen LogP contribution in [0.25, 0.3) is 11.1 Å². The highest BCUT2D eigenvalue weighted by Gasteiger charge is 2.50. The average molecular weight is 732 g/mol. The van der Waals surface area contributed by atoms with Crippen molar-refractivity contribution in [3.8, 4) is 11.1 Å². The summed E-state index contributed by atoms with van der Waals surface area (Å²) in [4.78, 5) is 34.7. The van der Waals surface area contributed by atoms with E-state index < -0.39 is 40.5 Å². The summed E-state index contributed by atoms with van der Waals surface area (Å²) in [6.07, 6.45) is -3.47. The van der Waals surface area contributed by atoms with Crippen LogP contribution in [0.1, 0.15) is 81.2 Å². The van der Waals surface area contributed by atoms with Crippen LogP contribution in [-0.4, -0.2) is 72.4 Å². The third kappa shape index (κ3) is 8.63. The summed E-state index contributed by atoms with van der Waals surface area (Å²) in [6, 6.07) is 12.2. The van der Waals surface area contributed by atoms with Gasteiger partial charge in [0.15, 0.2) is 5.82 Å². The lowest BCUT2D eigenvalue weighted by Crippen LogP contribution is -2.51. The molecule has 1 N–H and O–H groups in total. The number of likely N-dealkylation sites (tertiary alicyclic amines) is 1. The van der Waals surface area contributed by atoms with E-state index in [2.05, 4.69) is 9.88 Å². The number of hydrogen-bond acceptors (Lipinski definition) is 8. The van der Waals surface area contributed by atoms with Gasteiger partial charge in [-0.25, -0.2) is 8.42 Å². The van der Waals surface area contributed by atoms with Gasteiger partial charge in [0.05, 0.1) is 24.5 Å². The largest absolute Gasteiger partial charge is 0.389 e. The van der Waals surface area contributed by atoms with E-state index >= 15 is 0 Å². The van der Waals surface area contributed by atoms with Gasteiger partial charge in [0, 0.05) is 43.7 Å². The number of amidine groups is 1. The molecule has 15 heteroatoms. The van der Waals surface area contributed by atoms with Gasteiger partial charge in [0.25, 0.3) is 15.9 Å². The molecule has 2 aromatic carbocycles. The second kappa shape index (κ2) is 15.6. The van der Waals surface area contributed by atoms with E-state index in [0.29, 0.717) is 41.3 Å². The highest BCUT2D eigenvalue weighted by Crippen LogP contribution is 2.37. The summed E-state index contributed by atoms with van der Waals surface area (Å²) in [5, 5.41) is 3.85. The number of rotatable bonds is 14. The zero-order valence-electron chi connectivity index (χ0n) is 29.3. The van der Waals surface area contributed by atoms with Gasteiger partial charge in [-0.15, -0.1) is 0 Å². The number of alkyl halides is 3. The second-order valence-corrected chi connectivity index (χ2v) is 14.6. The van der Waals surface area contributed by atoms with Gasteiger partial charge in [-0.05, 0) is 62.8 Å². The normalized spacial score (nSPS) is 16.2. The molecule has 1 fully saturated rings. The number of carbonyl (C=O) groups excluding carboxylic acids is 2. The summed E-state index contributed by atoms with van der Waals surface area (Å²) in [7, 11) is -4.08. The minimum atomic E-state index is -4.41. The highest BCUT2D eigenvalue weighted by atomic mass is 32.2. The van der Waals surface area contributed by atoms with Crippen molar-refractivity contribution in [2.24, 2.45) is 4.99 Å². The molecular weight excluding hydrogens is 687 g/mol. The van der Waals surface area contributed by atoms with Gasteiger partial charge in [0.2, 0.25) is 5.91 Å². The first kappa shape index (κ1) is 38.0. The van der Waals surface area contributed by atoms with Crippen molar-refractivity contribution in [2.75, 3.05) is 24.4 Å². The van der Waals surface area contributed by atoms with Crippen LogP contribution < -0.4 is 4.72 Å². The molecule has 5 rings (SSSR count). The number of carbonyl (C=O) groups is 2. The molecule has 2 amide bonds. The quantitative estimate of drug-likeness (QED) is 0.190. The predicted octanol–water partition coefficient (Wildman–Crippen LogP) is 6.93. The van der Waals surface area contributed by atoms with Crippen LogP contribution >= 0.6 is 0 Å². The molecule has 1 aromatic heterocycles. The lowest BCUT2D eigenvalue weighted by atomic mass is 9.87. The summed E-state index contributed by atoms with van der Waals surface area (Å²) in [5.41, 5.74) is 2.13. The minimum Gasteiger partial charge on any atom is -0.377 e. The Hall–Kier alpha value is -4.24. The number of amides is 2. The monoisotopic (exact) mass is 731 g/mol. The number of unbranched alkanes of at least 4 members (excludes halogenated alkanes) is 1. The Labute approximate surface area is 296 Å². The van der Waals surface area contributed by atoms with Crippen LogP contribution in [0.3, 0.4) is 0 Å². The molecular formula is C36H44F3N5O6S. The molecule has 3 aromatic rings. The Morgan fingerprint density at radius 2 is 1.80 bits per heavy atom. The topological polar surface area (TPSA) is 134 Å². The van der Waals surface area contributed by atoms with E-state index in [4.69, 9.17) is 14.3 Å². The first-order chi connectivity index (χ1) is 24.2. The Balaban J connectivity index is 1.40. The molecule has 2 aliphatic rings. The fraction of sp³-hybridized carbons (Fsp3) is 0.500. The number of aryl methyl sites for hydroxylation is 1. The number of hydrogen-bond donors (Lipinski definition) is 1. The van der Waals surface area contributed by atoms with Gasteiger partial charge in [-0.3, -0.25) is 24.2 Å². The first-order valence-electron chi connectivity index (χ1n) is 17.2. The van der Waals surface area contributed by atoms with Crippen LogP contribution in [0, 0.1) is 13.8 Å². The number of anilines is 1. The maximum Gasteiger partial charge on any atom is 0.389 e. The third-order valence-electron chi connectivity index (χ3n) is 9.44. The van der Waals surface area contributed by atoms with Crippen LogP contribution in [0.5, 0.6) is 0 Å². The van der Waals surface area contributed by atoms with Crippen LogP contribution in [0.2, 0.25) is 0 Å². The van der Waals surface area contributed by atoms with E-state index in [1.54, 1.807) is 36.9 Å². The highest BCUT2D eigenvalue weighted by molar-refractivity contribution is 7.92. The molecule has 0 saturated carbocycles. The SMILES string of the molecule is CCCCC1=NC2(CCN(C(=O)CCC(F)(F)F)CC2)C(=O)N1Cc1ccc(-c2ccccc2S(=O)(=O)Nc2noc(C)c2C)c(COCC)c1.